The van der Waals surface area contributed by atoms with Crippen LogP contribution in [0.15, 0.2) is 72.1 Å². The Morgan fingerprint density at radius 3 is 2.42 bits per heavy atom. The maximum absolute atomic E-state index is 14.5. The highest BCUT2D eigenvalue weighted by Crippen LogP contribution is 2.28. The van der Waals surface area contributed by atoms with Gasteiger partial charge in [-0.25, -0.2) is 4.39 Å². The number of hydrogen-bond acceptors (Lipinski definition) is 2. The average Bonchev–Trinajstić information content (AvgIpc) is 2.67. The van der Waals surface area contributed by atoms with Crippen molar-refractivity contribution in [1.29, 1.82) is 0 Å². The highest BCUT2D eigenvalue weighted by molar-refractivity contribution is 7.83. The predicted molar refractivity (Wildman–Crippen MR) is 110 cm³/mol. The van der Waals surface area contributed by atoms with Gasteiger partial charge < -0.3 is 4.74 Å². The molecule has 0 aliphatic carbocycles. The largest absolute Gasteiger partial charge is 0.488 e. The maximum Gasteiger partial charge on any atom is 0.130 e. The van der Waals surface area contributed by atoms with Crippen molar-refractivity contribution >= 4 is 29.8 Å². The van der Waals surface area contributed by atoms with Crippen molar-refractivity contribution in [3.63, 3.8) is 0 Å². The Morgan fingerprint density at radius 1 is 1.04 bits per heavy atom. The molecule has 3 aromatic rings. The van der Waals surface area contributed by atoms with Crippen molar-refractivity contribution in [2.24, 2.45) is 0 Å². The van der Waals surface area contributed by atoms with Gasteiger partial charge in [-0.2, -0.15) is 12.6 Å². The number of hydrogen-bond donors (Lipinski definition) is 1. The number of thiol groups is 1. The van der Waals surface area contributed by atoms with Gasteiger partial charge in [-0.3, -0.25) is 0 Å². The Morgan fingerprint density at radius 2 is 1.73 bits per heavy atom. The molecule has 0 bridgehead atoms. The number of benzene rings is 3. The van der Waals surface area contributed by atoms with E-state index in [1.165, 1.54) is 6.07 Å². The summed E-state index contributed by atoms with van der Waals surface area (Å²) in [5.74, 6) is 0.410. The van der Waals surface area contributed by atoms with E-state index in [1.54, 1.807) is 23.6 Å². The van der Waals surface area contributed by atoms with Gasteiger partial charge >= 0.3 is 0 Å². The molecule has 0 unspecified atom stereocenters. The minimum Gasteiger partial charge on any atom is -0.488 e. The summed E-state index contributed by atoms with van der Waals surface area (Å²) in [5, 5.41) is 2.38. The quantitative estimate of drug-likeness (QED) is 0.465. The summed E-state index contributed by atoms with van der Waals surface area (Å²) < 4.78 is 20.4. The van der Waals surface area contributed by atoms with E-state index < -0.39 is 0 Å². The van der Waals surface area contributed by atoms with Gasteiger partial charge in [0.25, 0.3) is 0 Å². The first-order valence-electron chi connectivity index (χ1n) is 8.16. The zero-order valence-corrected chi connectivity index (χ0v) is 15.9. The average molecular weight is 385 g/mol. The second-order valence-corrected chi connectivity index (χ2v) is 6.60. The second-order valence-electron chi connectivity index (χ2n) is 5.91. The molecule has 0 fully saturated rings. The summed E-state index contributed by atoms with van der Waals surface area (Å²) in [6.45, 7) is 2.11. The first kappa shape index (κ1) is 18.6. The van der Waals surface area contributed by atoms with Crippen LogP contribution in [-0.4, -0.2) is 0 Å². The van der Waals surface area contributed by atoms with Crippen LogP contribution < -0.4 is 4.74 Å². The molecule has 0 saturated carbocycles. The van der Waals surface area contributed by atoms with Gasteiger partial charge in [-0.05, 0) is 53.3 Å². The number of ether oxygens (including phenoxy) is 1. The fourth-order valence-corrected chi connectivity index (χ4v) is 2.89. The summed E-state index contributed by atoms with van der Waals surface area (Å²) in [5.41, 5.74) is 4.16. The number of halogens is 2. The van der Waals surface area contributed by atoms with E-state index in [0.717, 1.165) is 22.3 Å². The third-order valence-corrected chi connectivity index (χ3v) is 4.76. The van der Waals surface area contributed by atoms with Gasteiger partial charge in [-0.15, -0.1) is 0 Å². The summed E-state index contributed by atoms with van der Waals surface area (Å²) in [7, 11) is 0. The Balaban J connectivity index is 1.79. The molecule has 4 heteroatoms. The molecular weight excluding hydrogens is 367 g/mol. The van der Waals surface area contributed by atoms with Gasteiger partial charge in [0.15, 0.2) is 0 Å². The van der Waals surface area contributed by atoms with Crippen LogP contribution in [0.2, 0.25) is 5.02 Å². The van der Waals surface area contributed by atoms with E-state index in [4.69, 9.17) is 16.3 Å². The Hall–Kier alpha value is -2.23. The van der Waals surface area contributed by atoms with Gasteiger partial charge in [0.1, 0.15) is 18.2 Å². The highest BCUT2D eigenvalue weighted by atomic mass is 35.5. The molecule has 26 heavy (non-hydrogen) atoms. The van der Waals surface area contributed by atoms with Crippen LogP contribution in [0.1, 0.15) is 18.1 Å². The molecule has 3 aromatic carbocycles. The van der Waals surface area contributed by atoms with Gasteiger partial charge in [0.2, 0.25) is 0 Å². The van der Waals surface area contributed by atoms with Crippen LogP contribution in [0.4, 0.5) is 4.39 Å². The van der Waals surface area contributed by atoms with Crippen LogP contribution in [0.25, 0.3) is 16.7 Å². The molecule has 1 nitrogen and oxygen atoms in total. The molecule has 0 atom stereocenters. The molecule has 132 valence electrons. The molecular formula is C22H18ClFOS. The lowest BCUT2D eigenvalue weighted by molar-refractivity contribution is 0.299. The number of allylic oxidation sites excluding steroid dienone is 1. The third kappa shape index (κ3) is 4.29. The maximum atomic E-state index is 14.5. The fourth-order valence-electron chi connectivity index (χ4n) is 2.63. The van der Waals surface area contributed by atoms with Crippen molar-refractivity contribution in [3.05, 3.63) is 94.1 Å². The van der Waals surface area contributed by atoms with Crippen molar-refractivity contribution in [1.82, 2.24) is 0 Å². The monoisotopic (exact) mass is 384 g/mol. The predicted octanol–water partition coefficient (Wildman–Crippen LogP) is 7.02. The minimum atomic E-state index is -0.295. The summed E-state index contributed by atoms with van der Waals surface area (Å²) in [4.78, 5) is 0. The van der Waals surface area contributed by atoms with Crippen LogP contribution in [-0.2, 0) is 6.61 Å². The van der Waals surface area contributed by atoms with Crippen LogP contribution in [0.5, 0.6) is 5.75 Å². The first-order valence-corrected chi connectivity index (χ1v) is 9.05. The standard InChI is InChI=1S/C22H18ClFOS/c1-15(14-26)20-4-2-3-5-22(20)25-13-18-7-6-17(12-21(18)24)16-8-10-19(23)11-9-16/h2-12,14,26H,13H2,1H3/b15-14+. The Bertz CT molecular complexity index is 935. The zero-order chi connectivity index (χ0) is 18.5. The van der Waals surface area contributed by atoms with Gasteiger partial charge in [0.05, 0.1) is 0 Å². The Kier molecular flexibility index (Phi) is 6.02. The van der Waals surface area contributed by atoms with E-state index in [1.807, 2.05) is 49.4 Å². The van der Waals surface area contributed by atoms with Crippen molar-refractivity contribution in [2.45, 2.75) is 13.5 Å². The molecule has 0 aliphatic heterocycles. The summed E-state index contributed by atoms with van der Waals surface area (Å²) in [6.07, 6.45) is 0. The van der Waals surface area contributed by atoms with E-state index in [-0.39, 0.29) is 12.4 Å². The van der Waals surface area contributed by atoms with E-state index >= 15 is 0 Å². The normalized spacial score (nSPS) is 11.5. The molecule has 0 saturated heterocycles. The van der Waals surface area contributed by atoms with Crippen molar-refractivity contribution in [3.8, 4) is 16.9 Å². The number of rotatable bonds is 5. The molecule has 0 spiro atoms. The van der Waals surface area contributed by atoms with Crippen molar-refractivity contribution in [2.75, 3.05) is 0 Å². The second kappa shape index (κ2) is 8.43. The fraction of sp³-hybridized carbons (Fsp3) is 0.0909. The van der Waals surface area contributed by atoms with E-state index in [2.05, 4.69) is 12.6 Å². The topological polar surface area (TPSA) is 9.23 Å². The van der Waals surface area contributed by atoms with Crippen LogP contribution in [0.3, 0.4) is 0 Å². The lowest BCUT2D eigenvalue weighted by atomic mass is 10.0. The van der Waals surface area contributed by atoms with Crippen LogP contribution >= 0.6 is 24.2 Å². The zero-order valence-electron chi connectivity index (χ0n) is 14.2. The van der Waals surface area contributed by atoms with E-state index in [0.29, 0.717) is 16.3 Å². The van der Waals surface area contributed by atoms with Gasteiger partial charge in [-0.1, -0.05) is 54.1 Å². The van der Waals surface area contributed by atoms with Gasteiger partial charge in [0, 0.05) is 16.1 Å². The molecule has 0 radical (unpaired) electrons. The first-order chi connectivity index (χ1) is 12.6. The molecule has 0 aliphatic rings. The molecule has 3 rings (SSSR count). The SMILES string of the molecule is C/C(=C\S)c1ccccc1OCc1ccc(-c2ccc(Cl)cc2)cc1F. The van der Waals surface area contributed by atoms with Crippen molar-refractivity contribution < 1.29 is 9.13 Å². The molecule has 0 N–H and O–H groups in total. The summed E-state index contributed by atoms with van der Waals surface area (Å²) in [6, 6.07) is 20.1. The van der Waals surface area contributed by atoms with E-state index in [9.17, 15) is 4.39 Å². The van der Waals surface area contributed by atoms with Crippen LogP contribution in [0, 0.1) is 5.82 Å². The lowest BCUT2D eigenvalue weighted by Crippen LogP contribution is -2.00. The summed E-state index contributed by atoms with van der Waals surface area (Å²) >= 11 is 10.1. The molecule has 0 heterocycles. The minimum absolute atomic E-state index is 0.156. The Labute approximate surface area is 163 Å². The molecule has 0 aromatic heterocycles. The highest BCUT2D eigenvalue weighted by Gasteiger charge is 2.09. The smallest absolute Gasteiger partial charge is 0.130 e. The lowest BCUT2D eigenvalue weighted by Gasteiger charge is -2.13. The number of para-hydroxylation sites is 1. The third-order valence-electron chi connectivity index (χ3n) is 4.12. The molecule has 0 amide bonds.